The van der Waals surface area contributed by atoms with Gasteiger partial charge >= 0.3 is 0 Å². The number of ketones is 1. The van der Waals surface area contributed by atoms with Gasteiger partial charge in [0.2, 0.25) is 6.29 Å². The van der Waals surface area contributed by atoms with Crippen LogP contribution in [0.25, 0.3) is 0 Å². The zero-order valence-corrected chi connectivity index (χ0v) is 18.2. The van der Waals surface area contributed by atoms with Gasteiger partial charge in [0.15, 0.2) is 5.78 Å². The summed E-state index contributed by atoms with van der Waals surface area (Å²) in [5.74, 6) is 0.701. The lowest BCUT2D eigenvalue weighted by Gasteiger charge is -2.23. The number of hydrogen-bond donors (Lipinski definition) is 3. The number of hydrogen-bond acceptors (Lipinski definition) is 6. The zero-order valence-electron chi connectivity index (χ0n) is 17.4. The van der Waals surface area contributed by atoms with Crippen LogP contribution in [0.2, 0.25) is 0 Å². The van der Waals surface area contributed by atoms with Gasteiger partial charge in [0, 0.05) is 25.9 Å². The molecule has 0 aromatic rings. The van der Waals surface area contributed by atoms with Crippen molar-refractivity contribution in [3.63, 3.8) is 0 Å². The third kappa shape index (κ3) is 8.62. The van der Waals surface area contributed by atoms with Crippen molar-refractivity contribution in [3.8, 4) is 0 Å². The molecule has 4 unspecified atom stereocenters. The highest BCUT2D eigenvalue weighted by atomic mass is 32.2. The molecule has 0 radical (unpaired) electrons. The van der Waals surface area contributed by atoms with Gasteiger partial charge in [0.1, 0.15) is 11.0 Å². The summed E-state index contributed by atoms with van der Waals surface area (Å²) in [5, 5.41) is 28.6. The first kappa shape index (κ1) is 24.6. The molecular formula is C23H32O6S. The van der Waals surface area contributed by atoms with Crippen LogP contribution in [0, 0.1) is 0 Å². The number of allylic oxidation sites excluding steroid dienone is 8. The van der Waals surface area contributed by atoms with Gasteiger partial charge in [-0.2, -0.15) is 0 Å². The topological polar surface area (TPSA) is 110 Å². The van der Waals surface area contributed by atoms with Crippen molar-refractivity contribution in [2.24, 2.45) is 0 Å². The Bertz CT molecular complexity index is 719. The minimum atomic E-state index is -1.19. The Balaban J connectivity index is 1.85. The number of aliphatic hydroxyl groups excluding tert-OH is 3. The van der Waals surface area contributed by atoms with Crippen molar-refractivity contribution >= 4 is 17.0 Å². The molecule has 0 saturated heterocycles. The largest absolute Gasteiger partial charge is 0.616 e. The maximum absolute atomic E-state index is 12.1. The predicted molar refractivity (Wildman–Crippen MR) is 118 cm³/mol. The van der Waals surface area contributed by atoms with E-state index in [1.807, 2.05) is 24.3 Å². The molecule has 3 N–H and O–H groups in total. The first-order valence-corrected chi connectivity index (χ1v) is 11.9. The quantitative estimate of drug-likeness (QED) is 0.320. The van der Waals surface area contributed by atoms with E-state index >= 15 is 0 Å². The molecule has 0 amide bonds. The Kier molecular flexibility index (Phi) is 10.6. The van der Waals surface area contributed by atoms with Gasteiger partial charge in [-0.15, -0.1) is 0 Å². The van der Waals surface area contributed by atoms with Crippen LogP contribution in [-0.4, -0.2) is 56.2 Å². The maximum Gasteiger partial charge on any atom is 0.201 e. The van der Waals surface area contributed by atoms with Crippen molar-refractivity contribution < 1.29 is 29.4 Å². The average Bonchev–Trinajstić information content (AvgIpc) is 3.10. The number of carbonyl (C=O) groups excluding carboxylic acids is 1. The highest BCUT2D eigenvalue weighted by Gasteiger charge is 2.28. The molecule has 0 aromatic carbocycles. The van der Waals surface area contributed by atoms with Gasteiger partial charge in [0.25, 0.3) is 0 Å². The summed E-state index contributed by atoms with van der Waals surface area (Å²) in [6, 6.07) is 0. The summed E-state index contributed by atoms with van der Waals surface area (Å²) in [7, 11) is 0. The lowest BCUT2D eigenvalue weighted by Crippen LogP contribution is -2.28. The maximum atomic E-state index is 12.1. The number of Topliss-reactive ketones (excluding diaryl/α,β-unsaturated/α-hetero) is 1. The van der Waals surface area contributed by atoms with Crippen molar-refractivity contribution in [1.82, 2.24) is 0 Å². The molecule has 2 rings (SSSR count). The Labute approximate surface area is 181 Å². The highest BCUT2D eigenvalue weighted by Crippen LogP contribution is 2.26. The van der Waals surface area contributed by atoms with E-state index in [0.29, 0.717) is 43.4 Å². The van der Waals surface area contributed by atoms with Crippen LogP contribution in [-0.2, 0) is 20.7 Å². The molecule has 2 aliphatic rings. The van der Waals surface area contributed by atoms with Gasteiger partial charge in [-0.3, -0.25) is 4.79 Å². The van der Waals surface area contributed by atoms with Crippen LogP contribution in [0.15, 0.2) is 59.4 Å². The molecule has 0 heterocycles. The van der Waals surface area contributed by atoms with Gasteiger partial charge in [0.05, 0.1) is 18.8 Å². The predicted octanol–water partition coefficient (Wildman–Crippen LogP) is 2.60. The van der Waals surface area contributed by atoms with E-state index in [0.717, 1.165) is 12.0 Å². The molecule has 6 nitrogen and oxygen atoms in total. The Morgan fingerprint density at radius 1 is 1.37 bits per heavy atom. The van der Waals surface area contributed by atoms with E-state index in [9.17, 15) is 19.6 Å². The SMILES string of the molecule is C[S+]([O-])C(CC1=CCCC1=O)CC(O)OC1=CC=CC(=C/C=C\C(O)CCCO)C1. The molecule has 0 aromatic heterocycles. The number of aliphatic hydroxyl groups is 3. The lowest BCUT2D eigenvalue weighted by molar-refractivity contribution is -0.115. The zero-order chi connectivity index (χ0) is 21.9. The fraction of sp³-hybridized carbons (Fsp3) is 0.522. The van der Waals surface area contributed by atoms with E-state index in [-0.39, 0.29) is 24.1 Å². The summed E-state index contributed by atoms with van der Waals surface area (Å²) in [6.45, 7) is 0.0585. The monoisotopic (exact) mass is 436 g/mol. The van der Waals surface area contributed by atoms with Crippen molar-refractivity contribution in [2.75, 3.05) is 12.9 Å². The van der Waals surface area contributed by atoms with Crippen LogP contribution < -0.4 is 0 Å². The van der Waals surface area contributed by atoms with E-state index < -0.39 is 23.6 Å². The summed E-state index contributed by atoms with van der Waals surface area (Å²) in [4.78, 5) is 11.8. The number of rotatable bonds is 12. The molecule has 0 bridgehead atoms. The van der Waals surface area contributed by atoms with E-state index in [1.165, 1.54) is 0 Å². The Morgan fingerprint density at radius 3 is 2.83 bits per heavy atom. The molecule has 0 spiro atoms. The first-order valence-electron chi connectivity index (χ1n) is 10.3. The third-order valence-electron chi connectivity index (χ3n) is 5.06. The second kappa shape index (κ2) is 12.9. The second-order valence-corrected chi connectivity index (χ2v) is 9.22. The summed E-state index contributed by atoms with van der Waals surface area (Å²) < 4.78 is 17.7. The standard InChI is InChI=1S/C23H32O6S/c1-30(28)21(15-18-8-4-12-22(18)26)16-23(27)29-20-11-3-7-17(14-20)6-2-9-19(25)10-5-13-24/h2-3,6-9,11,19,21,23-25,27H,4-5,10,12-16H2,1H3/b9-2-,17-6?. The fourth-order valence-electron chi connectivity index (χ4n) is 3.38. The minimum Gasteiger partial charge on any atom is -0.616 e. The van der Waals surface area contributed by atoms with Crippen molar-refractivity contribution in [3.05, 3.63) is 59.4 Å². The molecule has 7 heteroatoms. The summed E-state index contributed by atoms with van der Waals surface area (Å²) >= 11 is -1.19. The minimum absolute atomic E-state index is 0.0585. The molecular weight excluding hydrogens is 404 g/mol. The highest BCUT2D eigenvalue weighted by molar-refractivity contribution is 7.91. The van der Waals surface area contributed by atoms with Crippen LogP contribution in [0.5, 0.6) is 0 Å². The van der Waals surface area contributed by atoms with Crippen LogP contribution in [0.4, 0.5) is 0 Å². The van der Waals surface area contributed by atoms with E-state index in [4.69, 9.17) is 9.84 Å². The smallest absolute Gasteiger partial charge is 0.201 e. The Morgan fingerprint density at radius 2 is 2.17 bits per heavy atom. The third-order valence-corrected chi connectivity index (χ3v) is 6.36. The molecule has 30 heavy (non-hydrogen) atoms. The van der Waals surface area contributed by atoms with E-state index in [1.54, 1.807) is 24.5 Å². The van der Waals surface area contributed by atoms with Crippen LogP contribution in [0.1, 0.15) is 44.9 Å². The first-order chi connectivity index (χ1) is 14.4. The molecule has 0 fully saturated rings. The summed E-state index contributed by atoms with van der Waals surface area (Å²) in [5.41, 5.74) is 1.67. The van der Waals surface area contributed by atoms with Crippen molar-refractivity contribution in [1.29, 1.82) is 0 Å². The van der Waals surface area contributed by atoms with Crippen LogP contribution in [0.3, 0.4) is 0 Å². The Hall–Kier alpha value is -1.64. The molecule has 166 valence electrons. The van der Waals surface area contributed by atoms with Crippen LogP contribution >= 0.6 is 0 Å². The van der Waals surface area contributed by atoms with E-state index in [2.05, 4.69) is 0 Å². The second-order valence-electron chi connectivity index (χ2n) is 7.55. The lowest BCUT2D eigenvalue weighted by atomic mass is 10.0. The normalized spacial score (nSPS) is 22.2. The molecule has 4 atom stereocenters. The molecule has 0 saturated carbocycles. The van der Waals surface area contributed by atoms with Crippen molar-refractivity contribution in [2.45, 2.75) is 62.6 Å². The van der Waals surface area contributed by atoms with Gasteiger partial charge in [-0.25, -0.2) is 0 Å². The fourth-order valence-corrected chi connectivity index (χ4v) is 4.23. The molecule has 2 aliphatic carbocycles. The van der Waals surface area contributed by atoms with Gasteiger partial charge in [-0.1, -0.05) is 47.6 Å². The average molecular weight is 437 g/mol. The van der Waals surface area contributed by atoms with Gasteiger partial charge in [-0.05, 0) is 36.5 Å². The van der Waals surface area contributed by atoms with Gasteiger partial charge < -0.3 is 24.6 Å². The summed E-state index contributed by atoms with van der Waals surface area (Å²) in [6.07, 6.45) is 16.0. The molecule has 0 aliphatic heterocycles. The number of ether oxygens (including phenoxy) is 1. The number of carbonyl (C=O) groups is 1.